The summed E-state index contributed by atoms with van der Waals surface area (Å²) < 4.78 is 41.0. The Morgan fingerprint density at radius 2 is 2.00 bits per heavy atom. The third kappa shape index (κ3) is 3.71. The molecule has 1 rings (SSSR count). The second-order valence-corrected chi connectivity index (χ2v) is 2.74. The summed E-state index contributed by atoms with van der Waals surface area (Å²) in [5.74, 6) is -0.00883. The van der Waals surface area contributed by atoms with Crippen LogP contribution in [0.2, 0.25) is 5.02 Å². The van der Waals surface area contributed by atoms with Gasteiger partial charge in [0.15, 0.2) is 0 Å². The largest absolute Gasteiger partial charge is 1.00 e. The number of rotatable bonds is 2. The van der Waals surface area contributed by atoms with Crippen LogP contribution in [0.1, 0.15) is 0 Å². The molecule has 8 heteroatoms. The Morgan fingerprint density at radius 3 is 2.36 bits per heavy atom. The van der Waals surface area contributed by atoms with E-state index in [0.29, 0.717) is 6.20 Å². The molecule has 0 aliphatic heterocycles. The zero-order valence-electron chi connectivity index (χ0n) is 7.60. The van der Waals surface area contributed by atoms with Crippen molar-refractivity contribution < 1.29 is 69.1 Å². The zero-order chi connectivity index (χ0) is 10.1. The second-order valence-electron chi connectivity index (χ2n) is 2.33. The summed E-state index contributed by atoms with van der Waals surface area (Å²) >= 11 is 5.46. The molecule has 14 heavy (non-hydrogen) atoms. The van der Waals surface area contributed by atoms with Crippen LogP contribution in [0.4, 0.5) is 12.9 Å². The van der Waals surface area contributed by atoms with Crippen molar-refractivity contribution in [3.8, 4) is 5.88 Å². The number of methoxy groups -OCH3 is 1. The van der Waals surface area contributed by atoms with Crippen molar-refractivity contribution in [3.63, 3.8) is 0 Å². The van der Waals surface area contributed by atoms with Crippen LogP contribution in [0, 0.1) is 0 Å². The van der Waals surface area contributed by atoms with Gasteiger partial charge in [-0.3, -0.25) is 0 Å². The summed E-state index contributed by atoms with van der Waals surface area (Å²) in [6.07, 6.45) is 0.699. The molecule has 0 N–H and O–H groups in total. The van der Waals surface area contributed by atoms with E-state index in [1.54, 1.807) is 0 Å². The number of ether oxygens (including phenoxy) is 1. The fraction of sp³-hybridized carbons (Fsp3) is 0.167. The summed E-state index contributed by atoms with van der Waals surface area (Å²) in [4.78, 5) is 3.40. The van der Waals surface area contributed by atoms with Gasteiger partial charge in [0, 0.05) is 6.20 Å². The Balaban J connectivity index is 0.00000169. The monoisotopic (exact) mass is 249 g/mol. The van der Waals surface area contributed by atoms with Gasteiger partial charge in [0.05, 0.1) is 12.1 Å². The maximum absolute atomic E-state index is 12.1. The molecule has 0 unspecified atom stereocenters. The van der Waals surface area contributed by atoms with E-state index < -0.39 is 12.4 Å². The first kappa shape index (κ1) is 14.7. The summed E-state index contributed by atoms with van der Waals surface area (Å²) in [5.41, 5.74) is -0.828. The molecule has 0 bridgehead atoms. The summed E-state index contributed by atoms with van der Waals surface area (Å²) in [5, 5.41) is -0.140. The molecule has 0 saturated heterocycles. The number of hydrogen-bond donors (Lipinski definition) is 0. The first-order valence-electron chi connectivity index (χ1n) is 3.34. The van der Waals surface area contributed by atoms with Crippen molar-refractivity contribution in [1.82, 2.24) is 4.98 Å². The first-order chi connectivity index (χ1) is 5.95. The molecule has 2 nitrogen and oxygen atoms in total. The fourth-order valence-corrected chi connectivity index (χ4v) is 1.02. The van der Waals surface area contributed by atoms with Gasteiger partial charge in [-0.05, 0) is 0 Å². The first-order valence-corrected chi connectivity index (χ1v) is 3.72. The van der Waals surface area contributed by atoms with Gasteiger partial charge < -0.3 is 17.7 Å². The molecular weight excluding hydrogens is 244 g/mol. The molecule has 0 aliphatic rings. The van der Waals surface area contributed by atoms with Gasteiger partial charge in [-0.2, -0.15) is 0 Å². The van der Waals surface area contributed by atoms with Gasteiger partial charge >= 0.3 is 58.4 Å². The Labute approximate surface area is 127 Å². The van der Waals surface area contributed by atoms with Crippen molar-refractivity contribution in [2.45, 2.75) is 0 Å². The molecule has 1 aromatic heterocycles. The van der Waals surface area contributed by atoms with Crippen LogP contribution >= 0.6 is 11.6 Å². The predicted molar refractivity (Wildman–Crippen MR) is 44.5 cm³/mol. The van der Waals surface area contributed by atoms with E-state index in [-0.39, 0.29) is 62.3 Å². The van der Waals surface area contributed by atoms with Crippen molar-refractivity contribution in [2.75, 3.05) is 7.11 Å². The average molecular weight is 249 g/mol. The Hall–Kier alpha value is 0.731. The standard InChI is InChI=1S/C6H5BClF3NO.K/c1-13-6-5(8)2-4(3-12-6)7(9,10)11;/h2-3H,1H3;/q-1;+1. The third-order valence-electron chi connectivity index (χ3n) is 1.40. The smallest absolute Gasteiger partial charge is 0.480 e. The molecule has 72 valence electrons. The van der Waals surface area contributed by atoms with Crippen LogP contribution in [0.15, 0.2) is 12.3 Å². The molecule has 0 saturated carbocycles. The average Bonchev–Trinajstić information content (AvgIpc) is 2.02. The van der Waals surface area contributed by atoms with E-state index in [1.807, 2.05) is 0 Å². The van der Waals surface area contributed by atoms with Crippen molar-refractivity contribution in [2.24, 2.45) is 0 Å². The predicted octanol–water partition coefficient (Wildman–Crippen LogP) is -1.20. The third-order valence-corrected chi connectivity index (χ3v) is 1.67. The van der Waals surface area contributed by atoms with Gasteiger partial charge in [0.1, 0.15) is 0 Å². The summed E-state index contributed by atoms with van der Waals surface area (Å²) in [6.45, 7) is -5.05. The van der Waals surface area contributed by atoms with E-state index in [1.165, 1.54) is 7.11 Å². The molecule has 1 aromatic rings. The van der Waals surface area contributed by atoms with E-state index in [2.05, 4.69) is 9.72 Å². The zero-order valence-corrected chi connectivity index (χ0v) is 11.5. The van der Waals surface area contributed by atoms with Crippen LogP contribution in [-0.2, 0) is 0 Å². The van der Waals surface area contributed by atoms with Gasteiger partial charge in [-0.1, -0.05) is 23.1 Å². The molecule has 0 atom stereocenters. The van der Waals surface area contributed by atoms with Crippen molar-refractivity contribution in [3.05, 3.63) is 17.3 Å². The number of pyridine rings is 1. The maximum atomic E-state index is 12.1. The number of aromatic nitrogens is 1. The topological polar surface area (TPSA) is 22.1 Å². The van der Waals surface area contributed by atoms with E-state index in [9.17, 15) is 12.9 Å². The van der Waals surface area contributed by atoms with Crippen molar-refractivity contribution >= 4 is 24.0 Å². The van der Waals surface area contributed by atoms with Gasteiger partial charge in [0.25, 0.3) is 0 Å². The van der Waals surface area contributed by atoms with Crippen LogP contribution in [0.25, 0.3) is 0 Å². The molecule has 0 aliphatic carbocycles. The minimum atomic E-state index is -5.05. The van der Waals surface area contributed by atoms with Gasteiger partial charge in [0.2, 0.25) is 5.88 Å². The molecule has 0 fully saturated rings. The van der Waals surface area contributed by atoms with Crippen LogP contribution in [0.3, 0.4) is 0 Å². The minimum Gasteiger partial charge on any atom is -0.480 e. The fourth-order valence-electron chi connectivity index (χ4n) is 0.769. The quantitative estimate of drug-likeness (QED) is 0.615. The Kier molecular flexibility index (Phi) is 6.02. The molecule has 0 radical (unpaired) electrons. The number of nitrogens with zero attached hydrogens (tertiary/aromatic N) is 1. The van der Waals surface area contributed by atoms with Crippen LogP contribution in [-0.4, -0.2) is 19.1 Å². The van der Waals surface area contributed by atoms with Gasteiger partial charge in [-0.25, -0.2) is 4.98 Å². The SMILES string of the molecule is COc1ncc([B-](F)(F)F)cc1Cl.[K+]. The number of hydrogen-bond acceptors (Lipinski definition) is 2. The molecule has 0 amide bonds. The molecule has 0 aromatic carbocycles. The number of halogens is 4. The van der Waals surface area contributed by atoms with E-state index in [0.717, 1.165) is 6.07 Å². The van der Waals surface area contributed by atoms with Crippen molar-refractivity contribution in [1.29, 1.82) is 0 Å². The molecule has 1 heterocycles. The summed E-state index contributed by atoms with van der Waals surface area (Å²) in [7, 11) is 1.28. The molecule has 0 spiro atoms. The Bertz CT molecular complexity index is 322. The van der Waals surface area contributed by atoms with E-state index in [4.69, 9.17) is 11.6 Å². The Morgan fingerprint density at radius 1 is 1.43 bits per heavy atom. The van der Waals surface area contributed by atoms with E-state index >= 15 is 0 Å². The molecular formula is C6H5BClF3KNO. The maximum Gasteiger partial charge on any atom is 1.00 e. The normalized spacial score (nSPS) is 10.6. The second kappa shape index (κ2) is 5.72. The van der Waals surface area contributed by atoms with Gasteiger partial charge in [-0.15, -0.1) is 0 Å². The van der Waals surface area contributed by atoms with Crippen LogP contribution < -0.4 is 61.6 Å². The minimum absolute atomic E-state index is 0. The van der Waals surface area contributed by atoms with Crippen LogP contribution in [0.5, 0.6) is 5.88 Å². The summed E-state index contributed by atoms with van der Waals surface area (Å²) in [6, 6.07) is 0.799.